The van der Waals surface area contributed by atoms with Crippen molar-refractivity contribution in [2.75, 3.05) is 36.3 Å². The summed E-state index contributed by atoms with van der Waals surface area (Å²) < 4.78 is 0. The Balaban J connectivity index is 3.28. The lowest BCUT2D eigenvalue weighted by atomic mass is 9.87. The summed E-state index contributed by atoms with van der Waals surface area (Å²) in [5.41, 5.74) is 10.0. The highest BCUT2D eigenvalue weighted by Crippen LogP contribution is 2.32. The van der Waals surface area contributed by atoms with Crippen LogP contribution < -0.4 is 10.6 Å². The standard InChI is InChI=1S/C16H24Cl2N2O2/c1-11-3-4-14(20(7-5-17)8-6-18)12(2)16(11)13(10-19)9-15(21)22/h3-4,13H,5-10,19H2,1-2H3,(H,21,22). The van der Waals surface area contributed by atoms with Gasteiger partial charge in [0.05, 0.1) is 6.42 Å². The maximum absolute atomic E-state index is 11.1. The minimum Gasteiger partial charge on any atom is -0.481 e. The molecule has 22 heavy (non-hydrogen) atoms. The van der Waals surface area contributed by atoms with Gasteiger partial charge >= 0.3 is 5.97 Å². The first kappa shape index (κ1) is 19.1. The second-order valence-corrected chi connectivity index (χ2v) is 6.09. The van der Waals surface area contributed by atoms with Crippen molar-refractivity contribution in [2.45, 2.75) is 26.2 Å². The van der Waals surface area contributed by atoms with Gasteiger partial charge < -0.3 is 15.7 Å². The number of anilines is 1. The normalized spacial score (nSPS) is 12.2. The SMILES string of the molecule is Cc1ccc(N(CCCl)CCCl)c(C)c1C(CN)CC(=O)O. The van der Waals surface area contributed by atoms with Crippen LogP contribution in [0.25, 0.3) is 0 Å². The van der Waals surface area contributed by atoms with Gasteiger partial charge in [-0.25, -0.2) is 0 Å². The molecule has 1 unspecified atom stereocenters. The van der Waals surface area contributed by atoms with Crippen molar-refractivity contribution < 1.29 is 9.90 Å². The minimum atomic E-state index is -0.835. The Morgan fingerprint density at radius 3 is 2.32 bits per heavy atom. The molecule has 0 aliphatic heterocycles. The second kappa shape index (κ2) is 9.23. The number of aryl methyl sites for hydroxylation is 1. The number of hydrogen-bond donors (Lipinski definition) is 2. The molecule has 1 aromatic carbocycles. The molecule has 0 radical (unpaired) electrons. The number of rotatable bonds is 9. The fourth-order valence-electron chi connectivity index (χ4n) is 2.89. The fourth-order valence-corrected chi connectivity index (χ4v) is 3.30. The van der Waals surface area contributed by atoms with Gasteiger partial charge in [-0.05, 0) is 43.1 Å². The zero-order valence-corrected chi connectivity index (χ0v) is 14.6. The molecule has 124 valence electrons. The van der Waals surface area contributed by atoms with Gasteiger partial charge in [-0.3, -0.25) is 4.79 Å². The average Bonchev–Trinajstić information content (AvgIpc) is 2.46. The summed E-state index contributed by atoms with van der Waals surface area (Å²) in [6.45, 7) is 5.71. The molecule has 0 spiro atoms. The number of benzene rings is 1. The van der Waals surface area contributed by atoms with Gasteiger partial charge in [-0.1, -0.05) is 6.07 Å². The smallest absolute Gasteiger partial charge is 0.304 e. The summed E-state index contributed by atoms with van der Waals surface area (Å²) in [6, 6.07) is 4.05. The highest BCUT2D eigenvalue weighted by atomic mass is 35.5. The zero-order valence-electron chi connectivity index (χ0n) is 13.1. The number of carboxylic acids is 1. The van der Waals surface area contributed by atoms with Crippen molar-refractivity contribution in [1.82, 2.24) is 0 Å². The predicted molar refractivity (Wildman–Crippen MR) is 93.6 cm³/mol. The van der Waals surface area contributed by atoms with Crippen LogP contribution in [-0.2, 0) is 4.79 Å². The molecule has 3 N–H and O–H groups in total. The molecule has 0 saturated carbocycles. The van der Waals surface area contributed by atoms with Crippen molar-refractivity contribution >= 4 is 34.9 Å². The van der Waals surface area contributed by atoms with Crippen molar-refractivity contribution in [1.29, 1.82) is 0 Å². The third-order valence-electron chi connectivity index (χ3n) is 3.87. The Morgan fingerprint density at radius 1 is 1.27 bits per heavy atom. The van der Waals surface area contributed by atoms with Gasteiger partial charge in [0.25, 0.3) is 0 Å². The maximum atomic E-state index is 11.1. The van der Waals surface area contributed by atoms with Gasteiger partial charge in [-0.2, -0.15) is 0 Å². The quantitative estimate of drug-likeness (QED) is 0.674. The van der Waals surface area contributed by atoms with Gasteiger partial charge in [0.15, 0.2) is 0 Å². The summed E-state index contributed by atoms with van der Waals surface area (Å²) in [4.78, 5) is 13.2. The van der Waals surface area contributed by atoms with Gasteiger partial charge in [-0.15, -0.1) is 23.2 Å². The van der Waals surface area contributed by atoms with E-state index in [-0.39, 0.29) is 12.3 Å². The van der Waals surface area contributed by atoms with Crippen molar-refractivity contribution in [2.24, 2.45) is 5.73 Å². The highest BCUT2D eigenvalue weighted by Gasteiger charge is 2.21. The lowest BCUT2D eigenvalue weighted by Gasteiger charge is -2.28. The van der Waals surface area contributed by atoms with E-state index in [0.717, 1.165) is 22.4 Å². The summed E-state index contributed by atoms with van der Waals surface area (Å²) in [5, 5.41) is 9.10. The molecule has 0 aromatic heterocycles. The molecule has 0 amide bonds. The molecular formula is C16H24Cl2N2O2. The van der Waals surface area contributed by atoms with Gasteiger partial charge in [0.2, 0.25) is 0 Å². The van der Waals surface area contributed by atoms with Crippen LogP contribution in [0.1, 0.15) is 29.0 Å². The Hall–Kier alpha value is -0.970. The molecule has 0 saturated heterocycles. The lowest BCUT2D eigenvalue weighted by molar-refractivity contribution is -0.137. The number of carbonyl (C=O) groups is 1. The number of nitrogens with zero attached hydrogens (tertiary/aromatic N) is 1. The second-order valence-electron chi connectivity index (χ2n) is 5.34. The van der Waals surface area contributed by atoms with Crippen molar-refractivity contribution in [3.05, 3.63) is 28.8 Å². The maximum Gasteiger partial charge on any atom is 0.304 e. The van der Waals surface area contributed by atoms with E-state index in [0.29, 0.717) is 31.4 Å². The molecule has 1 rings (SSSR count). The average molecular weight is 347 g/mol. The molecule has 1 atom stereocenters. The van der Waals surface area contributed by atoms with E-state index >= 15 is 0 Å². The molecule has 4 nitrogen and oxygen atoms in total. The summed E-state index contributed by atoms with van der Waals surface area (Å²) >= 11 is 11.8. The largest absolute Gasteiger partial charge is 0.481 e. The van der Waals surface area contributed by atoms with E-state index < -0.39 is 5.97 Å². The van der Waals surface area contributed by atoms with E-state index in [9.17, 15) is 4.79 Å². The van der Waals surface area contributed by atoms with E-state index in [1.807, 2.05) is 26.0 Å². The first-order valence-electron chi connectivity index (χ1n) is 7.35. The molecule has 6 heteroatoms. The summed E-state index contributed by atoms with van der Waals surface area (Å²) in [5.74, 6) is -0.00595. The van der Waals surface area contributed by atoms with Crippen LogP contribution in [0.4, 0.5) is 5.69 Å². The van der Waals surface area contributed by atoms with E-state index in [1.165, 1.54) is 0 Å². The number of alkyl halides is 2. The first-order valence-corrected chi connectivity index (χ1v) is 8.42. The Bertz CT molecular complexity index is 503. The van der Waals surface area contributed by atoms with Crippen LogP contribution in [0.2, 0.25) is 0 Å². The van der Waals surface area contributed by atoms with E-state index in [1.54, 1.807) is 0 Å². The Kier molecular flexibility index (Phi) is 8.01. The fraction of sp³-hybridized carbons (Fsp3) is 0.562. The number of hydrogen-bond acceptors (Lipinski definition) is 3. The summed E-state index contributed by atoms with van der Waals surface area (Å²) in [6.07, 6.45) is 0.0344. The van der Waals surface area contributed by atoms with Crippen LogP contribution >= 0.6 is 23.2 Å². The third-order valence-corrected chi connectivity index (χ3v) is 4.21. The molecule has 0 bridgehead atoms. The highest BCUT2D eigenvalue weighted by molar-refractivity contribution is 6.18. The van der Waals surface area contributed by atoms with E-state index in [4.69, 9.17) is 34.0 Å². The number of halogens is 2. The molecule has 0 fully saturated rings. The number of carboxylic acid groups (broad SMARTS) is 1. The van der Waals surface area contributed by atoms with E-state index in [2.05, 4.69) is 4.90 Å². The summed E-state index contributed by atoms with van der Waals surface area (Å²) in [7, 11) is 0. The first-order chi connectivity index (χ1) is 10.5. The molecule has 1 aromatic rings. The third kappa shape index (κ3) is 4.77. The Labute approximate surface area is 142 Å². The lowest BCUT2D eigenvalue weighted by Crippen LogP contribution is -2.29. The van der Waals surface area contributed by atoms with Gasteiger partial charge in [0.1, 0.15) is 0 Å². The van der Waals surface area contributed by atoms with Crippen molar-refractivity contribution in [3.63, 3.8) is 0 Å². The number of aliphatic carboxylic acids is 1. The van der Waals surface area contributed by atoms with Crippen LogP contribution in [-0.4, -0.2) is 42.5 Å². The number of nitrogens with two attached hydrogens (primary N) is 1. The van der Waals surface area contributed by atoms with Crippen LogP contribution in [0.5, 0.6) is 0 Å². The minimum absolute atomic E-state index is 0.0344. The molecule has 0 aliphatic carbocycles. The monoisotopic (exact) mass is 346 g/mol. The molecular weight excluding hydrogens is 323 g/mol. The van der Waals surface area contributed by atoms with Crippen LogP contribution in [0.3, 0.4) is 0 Å². The molecule has 0 heterocycles. The predicted octanol–water partition coefficient (Wildman–Crippen LogP) is 3.10. The van der Waals surface area contributed by atoms with Crippen LogP contribution in [0, 0.1) is 13.8 Å². The topological polar surface area (TPSA) is 66.6 Å². The van der Waals surface area contributed by atoms with Gasteiger partial charge in [0, 0.05) is 36.5 Å². The Morgan fingerprint density at radius 2 is 1.86 bits per heavy atom. The van der Waals surface area contributed by atoms with Crippen molar-refractivity contribution in [3.8, 4) is 0 Å². The molecule has 0 aliphatic rings. The zero-order chi connectivity index (χ0) is 16.7. The van der Waals surface area contributed by atoms with Crippen LogP contribution in [0.15, 0.2) is 12.1 Å².